The second-order valence-corrected chi connectivity index (χ2v) is 9.63. The Bertz CT molecular complexity index is 1670. The van der Waals surface area contributed by atoms with Gasteiger partial charge in [0.05, 0.1) is 13.3 Å². The maximum absolute atomic E-state index is 12.6. The molecule has 4 heterocycles. The van der Waals surface area contributed by atoms with Crippen LogP contribution < -0.4 is 15.0 Å². The van der Waals surface area contributed by atoms with Crippen LogP contribution in [0.4, 0.5) is 11.6 Å². The predicted molar refractivity (Wildman–Crippen MR) is 142 cm³/mol. The molecule has 6 rings (SSSR count). The lowest BCUT2D eigenvalue weighted by molar-refractivity contribution is -0.117. The Balaban J connectivity index is 1.42. The minimum absolute atomic E-state index is 0.00313. The molecule has 0 aliphatic heterocycles. The van der Waals surface area contributed by atoms with Gasteiger partial charge in [-0.05, 0) is 48.2 Å². The van der Waals surface area contributed by atoms with Gasteiger partial charge in [0.25, 0.3) is 0 Å². The van der Waals surface area contributed by atoms with Crippen molar-refractivity contribution >= 4 is 34.1 Å². The van der Waals surface area contributed by atoms with E-state index in [1.807, 2.05) is 36.2 Å². The number of amides is 1. The molecular weight excluding hydrogens is 484 g/mol. The maximum Gasteiger partial charge on any atom is 0.228 e. The van der Waals surface area contributed by atoms with Gasteiger partial charge in [-0.1, -0.05) is 19.1 Å². The molecule has 11 nitrogen and oxygen atoms in total. The van der Waals surface area contributed by atoms with E-state index in [4.69, 9.17) is 9.72 Å². The van der Waals surface area contributed by atoms with Crippen molar-refractivity contribution in [1.82, 2.24) is 29.8 Å². The summed E-state index contributed by atoms with van der Waals surface area (Å²) in [5.41, 5.74) is 2.84. The average Bonchev–Trinajstić information content (AvgIpc) is 3.51. The molecule has 4 aromatic heterocycles. The number of fused-ring (bicyclic) bond motifs is 2. The Morgan fingerprint density at radius 1 is 1.21 bits per heavy atom. The maximum atomic E-state index is 12.6. The number of aromatic hydroxyl groups is 1. The van der Waals surface area contributed by atoms with Crippen molar-refractivity contribution in [2.24, 2.45) is 11.8 Å². The molecule has 0 unspecified atom stereocenters. The summed E-state index contributed by atoms with van der Waals surface area (Å²) in [6.45, 7) is 2.63. The lowest BCUT2D eigenvalue weighted by Gasteiger charge is -2.20. The first kappa shape index (κ1) is 23.6. The topological polar surface area (TPSA) is 131 Å². The molecule has 0 saturated heterocycles. The fourth-order valence-electron chi connectivity index (χ4n) is 4.51. The van der Waals surface area contributed by atoms with Gasteiger partial charge in [0, 0.05) is 36.7 Å². The van der Waals surface area contributed by atoms with Crippen LogP contribution in [0.1, 0.15) is 18.9 Å². The highest BCUT2D eigenvalue weighted by molar-refractivity contribution is 6.01. The van der Waals surface area contributed by atoms with Gasteiger partial charge in [-0.3, -0.25) is 4.79 Å². The van der Waals surface area contributed by atoms with Gasteiger partial charge in [0.2, 0.25) is 5.91 Å². The zero-order valence-corrected chi connectivity index (χ0v) is 21.2. The number of pyridine rings is 2. The van der Waals surface area contributed by atoms with E-state index in [2.05, 4.69) is 32.5 Å². The van der Waals surface area contributed by atoms with E-state index in [0.717, 1.165) is 17.7 Å². The zero-order valence-electron chi connectivity index (χ0n) is 21.2. The number of hydrogen-bond donors (Lipinski definition) is 2. The third-order valence-corrected chi connectivity index (χ3v) is 6.81. The van der Waals surface area contributed by atoms with Crippen LogP contribution in [0.2, 0.25) is 0 Å². The van der Waals surface area contributed by atoms with Crippen molar-refractivity contribution in [3.05, 3.63) is 60.4 Å². The predicted octanol–water partition coefficient (Wildman–Crippen LogP) is 3.68. The van der Waals surface area contributed by atoms with Gasteiger partial charge in [0.15, 0.2) is 23.1 Å². The van der Waals surface area contributed by atoms with Crippen molar-refractivity contribution in [3.8, 4) is 22.9 Å². The molecular formula is C27H26N8O3. The lowest BCUT2D eigenvalue weighted by Crippen LogP contribution is -2.19. The monoisotopic (exact) mass is 510 g/mol. The minimum atomic E-state index is -0.0556. The fraction of sp³-hybridized carbons (Fsp3) is 0.259. The summed E-state index contributed by atoms with van der Waals surface area (Å²) in [6, 6.07) is 12.9. The Morgan fingerprint density at radius 3 is 2.74 bits per heavy atom. The summed E-state index contributed by atoms with van der Waals surface area (Å²) in [6.07, 6.45) is 4.06. The van der Waals surface area contributed by atoms with Crippen molar-refractivity contribution in [2.75, 3.05) is 24.4 Å². The largest absolute Gasteiger partial charge is 0.506 e. The number of benzene rings is 1. The molecule has 1 aliphatic carbocycles. The first-order chi connectivity index (χ1) is 18.4. The van der Waals surface area contributed by atoms with Crippen LogP contribution in [-0.2, 0) is 11.3 Å². The van der Waals surface area contributed by atoms with E-state index in [-0.39, 0.29) is 17.6 Å². The second kappa shape index (κ2) is 9.25. The van der Waals surface area contributed by atoms with E-state index < -0.39 is 0 Å². The quantitative estimate of drug-likeness (QED) is 0.337. The molecule has 5 aromatic rings. The van der Waals surface area contributed by atoms with Crippen LogP contribution in [0.5, 0.6) is 11.5 Å². The number of nitrogens with zero attached hydrogens (tertiary/aromatic N) is 7. The Hall–Kier alpha value is -4.80. The van der Waals surface area contributed by atoms with Crippen LogP contribution in [0.25, 0.3) is 27.9 Å². The molecule has 1 aromatic carbocycles. The van der Waals surface area contributed by atoms with Crippen molar-refractivity contribution in [3.63, 3.8) is 0 Å². The number of hydrogen-bond acceptors (Lipinski definition) is 9. The molecule has 1 fully saturated rings. The number of carbonyl (C=O) groups is 1. The third kappa shape index (κ3) is 4.42. The lowest BCUT2D eigenvalue weighted by atomic mass is 10.1. The second-order valence-electron chi connectivity index (χ2n) is 9.63. The number of ether oxygens (including phenoxy) is 1. The van der Waals surface area contributed by atoms with Gasteiger partial charge in [-0.25, -0.2) is 14.5 Å². The summed E-state index contributed by atoms with van der Waals surface area (Å²) in [5, 5.41) is 26.8. The molecule has 1 amide bonds. The SMILES string of the molecule is COc1ccc(CN(C)c2ncc(-c3nc4ccc(O)cn4n3)c3cc(NC(=O)[C@H]4C[C@H]4C)nnc23)cc1. The smallest absolute Gasteiger partial charge is 0.228 e. The number of aromatic nitrogens is 6. The molecule has 0 spiro atoms. The number of carbonyl (C=O) groups excluding carboxylic acids is 1. The highest BCUT2D eigenvalue weighted by Gasteiger charge is 2.39. The highest BCUT2D eigenvalue weighted by atomic mass is 16.5. The van der Waals surface area contributed by atoms with Gasteiger partial charge in [-0.15, -0.1) is 15.3 Å². The van der Waals surface area contributed by atoms with E-state index in [0.29, 0.717) is 52.0 Å². The summed E-state index contributed by atoms with van der Waals surface area (Å²) >= 11 is 0. The van der Waals surface area contributed by atoms with Crippen molar-refractivity contribution in [2.45, 2.75) is 19.9 Å². The molecule has 192 valence electrons. The summed E-state index contributed by atoms with van der Waals surface area (Å²) in [5.74, 6) is 2.60. The minimum Gasteiger partial charge on any atom is -0.506 e. The van der Waals surface area contributed by atoms with Crippen LogP contribution in [-0.4, -0.2) is 55.0 Å². The molecule has 38 heavy (non-hydrogen) atoms. The summed E-state index contributed by atoms with van der Waals surface area (Å²) in [4.78, 5) is 23.9. The van der Waals surface area contributed by atoms with E-state index in [9.17, 15) is 9.90 Å². The number of nitrogens with one attached hydrogen (secondary N) is 1. The van der Waals surface area contributed by atoms with Gasteiger partial charge in [-0.2, -0.15) is 0 Å². The van der Waals surface area contributed by atoms with Crippen LogP contribution >= 0.6 is 0 Å². The summed E-state index contributed by atoms with van der Waals surface area (Å²) < 4.78 is 6.77. The van der Waals surface area contributed by atoms with E-state index in [1.165, 1.54) is 10.7 Å². The molecule has 1 aliphatic rings. The van der Waals surface area contributed by atoms with E-state index >= 15 is 0 Å². The number of methoxy groups -OCH3 is 1. The first-order valence-electron chi connectivity index (χ1n) is 12.3. The van der Waals surface area contributed by atoms with E-state index in [1.54, 1.807) is 31.5 Å². The Labute approximate surface area is 218 Å². The van der Waals surface area contributed by atoms with Crippen molar-refractivity contribution < 1.29 is 14.6 Å². The van der Waals surface area contributed by atoms with Crippen LogP contribution in [0, 0.1) is 11.8 Å². The zero-order chi connectivity index (χ0) is 26.4. The molecule has 2 N–H and O–H groups in total. The third-order valence-electron chi connectivity index (χ3n) is 6.81. The molecule has 1 saturated carbocycles. The number of anilines is 2. The van der Waals surface area contributed by atoms with Crippen LogP contribution in [0.3, 0.4) is 0 Å². The van der Waals surface area contributed by atoms with Crippen molar-refractivity contribution in [1.29, 1.82) is 0 Å². The average molecular weight is 511 g/mol. The fourth-order valence-corrected chi connectivity index (χ4v) is 4.51. The standard InChI is InChI=1S/C27H26N8O3/c1-15-10-19(15)27(37)29-22-11-20-21(25-30-23-9-6-17(36)14-35(23)33-25)12-28-26(24(20)32-31-22)34(2)13-16-4-7-18(38-3)8-5-16/h4-9,11-12,14-15,19,36H,10,13H2,1-3H3,(H,29,31,37)/t15-,19+/m1/s1. The highest BCUT2D eigenvalue weighted by Crippen LogP contribution is 2.39. The van der Waals surface area contributed by atoms with Gasteiger partial charge >= 0.3 is 0 Å². The molecule has 0 bridgehead atoms. The molecule has 2 atom stereocenters. The molecule has 0 radical (unpaired) electrons. The Kier molecular flexibility index (Phi) is 5.74. The Morgan fingerprint density at radius 2 is 2.00 bits per heavy atom. The number of rotatable bonds is 7. The summed E-state index contributed by atoms with van der Waals surface area (Å²) in [7, 11) is 3.57. The first-order valence-corrected chi connectivity index (χ1v) is 12.3. The van der Waals surface area contributed by atoms with Gasteiger partial charge in [0.1, 0.15) is 17.0 Å². The van der Waals surface area contributed by atoms with Crippen LogP contribution in [0.15, 0.2) is 54.9 Å². The normalized spacial score (nSPS) is 16.5. The van der Waals surface area contributed by atoms with Gasteiger partial charge < -0.3 is 20.1 Å². The molecule has 11 heteroatoms.